The molecule has 6 heteroatoms. The van der Waals surface area contributed by atoms with E-state index < -0.39 is 12.1 Å². The summed E-state index contributed by atoms with van der Waals surface area (Å²) in [5.74, 6) is -0.248. The fourth-order valence-electron chi connectivity index (χ4n) is 4.45. The third kappa shape index (κ3) is 2.68. The minimum absolute atomic E-state index is 0.0215. The van der Waals surface area contributed by atoms with Crippen LogP contribution in [0.2, 0.25) is 0 Å². The monoisotopic (exact) mass is 355 g/mol. The van der Waals surface area contributed by atoms with E-state index in [1.807, 2.05) is 17.0 Å². The molecule has 138 valence electrons. The normalized spacial score (nSPS) is 24.2. The number of anilines is 1. The van der Waals surface area contributed by atoms with E-state index in [9.17, 15) is 14.4 Å². The molecule has 26 heavy (non-hydrogen) atoms. The van der Waals surface area contributed by atoms with E-state index >= 15 is 0 Å². The topological polar surface area (TPSA) is 60.9 Å². The maximum absolute atomic E-state index is 13.3. The zero-order valence-corrected chi connectivity index (χ0v) is 15.2. The van der Waals surface area contributed by atoms with E-state index in [0.717, 1.165) is 38.8 Å². The van der Waals surface area contributed by atoms with Crippen molar-refractivity contribution >= 4 is 23.4 Å². The molecule has 1 aromatic carbocycles. The number of amides is 3. The molecule has 4 rings (SSSR count). The number of hydrogen-bond donors (Lipinski definition) is 0. The molecule has 0 aliphatic carbocycles. The van der Waals surface area contributed by atoms with Crippen LogP contribution < -0.4 is 4.90 Å². The molecule has 2 atom stereocenters. The Balaban J connectivity index is 1.73. The van der Waals surface area contributed by atoms with Crippen LogP contribution in [0.4, 0.5) is 5.69 Å². The van der Waals surface area contributed by atoms with Gasteiger partial charge in [-0.3, -0.25) is 19.3 Å². The first-order chi connectivity index (χ1) is 12.6. The van der Waals surface area contributed by atoms with E-state index in [1.165, 1.54) is 0 Å². The minimum atomic E-state index is -0.602. The van der Waals surface area contributed by atoms with Crippen LogP contribution in [0.5, 0.6) is 0 Å². The summed E-state index contributed by atoms with van der Waals surface area (Å²) < 4.78 is 0. The zero-order valence-electron chi connectivity index (χ0n) is 15.2. The van der Waals surface area contributed by atoms with Crippen LogP contribution >= 0.6 is 0 Å². The van der Waals surface area contributed by atoms with Gasteiger partial charge in [-0.05, 0) is 51.2 Å². The van der Waals surface area contributed by atoms with Gasteiger partial charge < -0.3 is 9.80 Å². The quantitative estimate of drug-likeness (QED) is 0.816. The van der Waals surface area contributed by atoms with Gasteiger partial charge in [0.05, 0.1) is 11.3 Å². The van der Waals surface area contributed by atoms with Gasteiger partial charge in [0, 0.05) is 19.6 Å². The lowest BCUT2D eigenvalue weighted by Crippen LogP contribution is -2.54. The van der Waals surface area contributed by atoms with Crippen LogP contribution in [0, 0.1) is 0 Å². The van der Waals surface area contributed by atoms with E-state index in [0.29, 0.717) is 24.2 Å². The van der Waals surface area contributed by atoms with Crippen LogP contribution in [-0.2, 0) is 9.59 Å². The maximum Gasteiger partial charge on any atom is 0.256 e. The second-order valence-corrected chi connectivity index (χ2v) is 7.44. The Labute approximate surface area is 153 Å². The SMILES string of the molecule is C[C@@H](C(=O)N1CCCCC1)N1C(=O)[C@@H]2CCCN2C(=O)c2ccccc21. The number of piperidine rings is 1. The number of para-hydroxylation sites is 1. The highest BCUT2D eigenvalue weighted by Crippen LogP contribution is 2.34. The van der Waals surface area contributed by atoms with Crippen molar-refractivity contribution in [3.05, 3.63) is 29.8 Å². The second kappa shape index (κ2) is 6.74. The van der Waals surface area contributed by atoms with E-state index in [-0.39, 0.29) is 17.7 Å². The number of likely N-dealkylation sites (tertiary alicyclic amines) is 1. The summed E-state index contributed by atoms with van der Waals surface area (Å²) in [7, 11) is 0. The Hall–Kier alpha value is -2.37. The molecule has 1 aromatic rings. The highest BCUT2D eigenvalue weighted by Gasteiger charge is 2.44. The molecule has 2 saturated heterocycles. The lowest BCUT2D eigenvalue weighted by atomic mass is 10.1. The Bertz CT molecular complexity index is 742. The predicted molar refractivity (Wildman–Crippen MR) is 97.9 cm³/mol. The highest BCUT2D eigenvalue weighted by molar-refractivity contribution is 6.13. The van der Waals surface area contributed by atoms with Gasteiger partial charge >= 0.3 is 0 Å². The third-order valence-corrected chi connectivity index (χ3v) is 5.84. The van der Waals surface area contributed by atoms with Crippen LogP contribution in [0.25, 0.3) is 0 Å². The van der Waals surface area contributed by atoms with E-state index in [2.05, 4.69) is 0 Å². The Kier molecular flexibility index (Phi) is 4.42. The first kappa shape index (κ1) is 17.1. The van der Waals surface area contributed by atoms with Crippen molar-refractivity contribution in [3.8, 4) is 0 Å². The van der Waals surface area contributed by atoms with E-state index in [1.54, 1.807) is 28.9 Å². The number of fused-ring (bicyclic) bond motifs is 2. The van der Waals surface area contributed by atoms with Gasteiger partial charge in [0.15, 0.2) is 0 Å². The number of carbonyl (C=O) groups is 3. The highest BCUT2D eigenvalue weighted by atomic mass is 16.2. The zero-order chi connectivity index (χ0) is 18.3. The maximum atomic E-state index is 13.3. The largest absolute Gasteiger partial charge is 0.341 e. The van der Waals surface area contributed by atoms with Crippen LogP contribution in [0.1, 0.15) is 49.4 Å². The summed E-state index contributed by atoms with van der Waals surface area (Å²) in [5.41, 5.74) is 1.08. The number of carbonyl (C=O) groups excluding carboxylic acids is 3. The molecule has 0 aromatic heterocycles. The van der Waals surface area contributed by atoms with Crippen molar-refractivity contribution in [2.45, 2.75) is 51.1 Å². The Morgan fingerprint density at radius 3 is 2.54 bits per heavy atom. The van der Waals surface area contributed by atoms with Gasteiger partial charge in [0.1, 0.15) is 12.1 Å². The summed E-state index contributed by atoms with van der Waals surface area (Å²) >= 11 is 0. The first-order valence-electron chi connectivity index (χ1n) is 9.61. The van der Waals surface area contributed by atoms with Gasteiger partial charge in [0.25, 0.3) is 11.8 Å². The average Bonchev–Trinajstić information content (AvgIpc) is 3.15. The minimum Gasteiger partial charge on any atom is -0.341 e. The molecule has 3 amide bonds. The molecule has 3 aliphatic heterocycles. The lowest BCUT2D eigenvalue weighted by Gasteiger charge is -2.35. The van der Waals surface area contributed by atoms with Crippen molar-refractivity contribution < 1.29 is 14.4 Å². The van der Waals surface area contributed by atoms with Gasteiger partial charge in [-0.15, -0.1) is 0 Å². The van der Waals surface area contributed by atoms with Crippen molar-refractivity contribution in [1.82, 2.24) is 9.80 Å². The Morgan fingerprint density at radius 1 is 1.04 bits per heavy atom. The number of nitrogens with zero attached hydrogens (tertiary/aromatic N) is 3. The number of rotatable bonds is 2. The van der Waals surface area contributed by atoms with Gasteiger partial charge in [-0.25, -0.2) is 0 Å². The van der Waals surface area contributed by atoms with Crippen molar-refractivity contribution in [2.24, 2.45) is 0 Å². The fraction of sp³-hybridized carbons (Fsp3) is 0.550. The van der Waals surface area contributed by atoms with Gasteiger partial charge in [-0.1, -0.05) is 12.1 Å². The molecular formula is C20H25N3O3. The second-order valence-electron chi connectivity index (χ2n) is 7.44. The van der Waals surface area contributed by atoms with Gasteiger partial charge in [0.2, 0.25) is 5.91 Å². The summed E-state index contributed by atoms with van der Waals surface area (Å²) in [6, 6.07) is 6.12. The molecule has 2 fully saturated rings. The van der Waals surface area contributed by atoms with Crippen LogP contribution in [0.3, 0.4) is 0 Å². The summed E-state index contributed by atoms with van der Waals surface area (Å²) in [6.45, 7) is 3.90. The van der Waals surface area contributed by atoms with E-state index in [4.69, 9.17) is 0 Å². The van der Waals surface area contributed by atoms with Crippen LogP contribution in [0.15, 0.2) is 24.3 Å². The van der Waals surface area contributed by atoms with Crippen molar-refractivity contribution in [3.63, 3.8) is 0 Å². The number of hydrogen-bond acceptors (Lipinski definition) is 3. The number of benzene rings is 1. The van der Waals surface area contributed by atoms with Crippen molar-refractivity contribution in [1.29, 1.82) is 0 Å². The first-order valence-corrected chi connectivity index (χ1v) is 9.61. The molecule has 0 bridgehead atoms. The molecule has 3 aliphatic rings. The summed E-state index contributed by atoms with van der Waals surface area (Å²) in [6.07, 6.45) is 4.66. The molecular weight excluding hydrogens is 330 g/mol. The summed E-state index contributed by atoms with van der Waals surface area (Å²) in [4.78, 5) is 44.5. The lowest BCUT2D eigenvalue weighted by molar-refractivity contribution is -0.135. The van der Waals surface area contributed by atoms with Crippen LogP contribution in [-0.4, -0.2) is 59.2 Å². The average molecular weight is 355 g/mol. The van der Waals surface area contributed by atoms with Gasteiger partial charge in [-0.2, -0.15) is 0 Å². The van der Waals surface area contributed by atoms with Crippen molar-refractivity contribution in [2.75, 3.05) is 24.5 Å². The molecule has 0 radical (unpaired) electrons. The predicted octanol–water partition coefficient (Wildman–Crippen LogP) is 2.04. The molecule has 0 saturated carbocycles. The fourth-order valence-corrected chi connectivity index (χ4v) is 4.45. The smallest absolute Gasteiger partial charge is 0.256 e. The molecule has 0 spiro atoms. The molecule has 3 heterocycles. The summed E-state index contributed by atoms with van der Waals surface area (Å²) in [5, 5.41) is 0. The molecule has 0 N–H and O–H groups in total. The standard InChI is InChI=1S/C20H25N3O3/c1-14(18(24)21-11-5-2-6-12-21)23-16-9-4-3-8-15(16)19(25)22-13-7-10-17(22)20(23)26/h3-4,8-9,14,17H,2,5-7,10-13H2,1H3/t14-,17-/m0/s1. The Morgan fingerprint density at radius 2 is 1.77 bits per heavy atom. The molecule has 0 unspecified atom stereocenters. The molecule has 6 nitrogen and oxygen atoms in total. The third-order valence-electron chi connectivity index (χ3n) is 5.84.